The second-order valence-corrected chi connectivity index (χ2v) is 4.32. The molecule has 0 bridgehead atoms. The van der Waals surface area contributed by atoms with Crippen LogP contribution in [0.1, 0.15) is 5.56 Å². The summed E-state index contributed by atoms with van der Waals surface area (Å²) < 4.78 is 0.792. The Balaban J connectivity index is 3.04. The minimum absolute atomic E-state index is 0.432. The molecule has 0 unspecified atom stereocenters. The first-order valence-electron chi connectivity index (χ1n) is 4.04. The molecule has 0 saturated heterocycles. The van der Waals surface area contributed by atoms with E-state index in [4.69, 9.17) is 11.6 Å². The molecule has 14 heavy (non-hydrogen) atoms. The standard InChI is InChI=1S/C9H11BrClN3/c1-6-4-7(10)8(11)13-9(6)12-5-14(2)3/h4-5H,1-3H3. The molecule has 1 rings (SSSR count). The highest BCUT2D eigenvalue weighted by atomic mass is 79.9. The molecule has 0 aliphatic heterocycles. The average molecular weight is 277 g/mol. The summed E-state index contributed by atoms with van der Waals surface area (Å²) in [6.45, 7) is 1.94. The first kappa shape index (κ1) is 11.5. The highest BCUT2D eigenvalue weighted by Gasteiger charge is 2.03. The Hall–Kier alpha value is -0.610. The third kappa shape index (κ3) is 2.96. The van der Waals surface area contributed by atoms with Crippen LogP contribution in [0.4, 0.5) is 5.82 Å². The molecule has 3 nitrogen and oxygen atoms in total. The fourth-order valence-corrected chi connectivity index (χ4v) is 1.42. The van der Waals surface area contributed by atoms with Gasteiger partial charge < -0.3 is 4.90 Å². The molecule has 0 spiro atoms. The molecule has 0 aromatic carbocycles. The summed E-state index contributed by atoms with van der Waals surface area (Å²) in [4.78, 5) is 10.2. The van der Waals surface area contributed by atoms with Crippen LogP contribution in [0, 0.1) is 6.92 Å². The second-order valence-electron chi connectivity index (χ2n) is 3.11. The molecular weight excluding hydrogens is 265 g/mol. The predicted octanol–water partition coefficient (Wildman–Crippen LogP) is 3.03. The molecule has 1 aromatic heterocycles. The normalized spacial score (nSPS) is 10.9. The van der Waals surface area contributed by atoms with Crippen molar-refractivity contribution in [1.82, 2.24) is 9.88 Å². The number of hydrogen-bond acceptors (Lipinski definition) is 2. The molecular formula is C9H11BrClN3. The van der Waals surface area contributed by atoms with E-state index in [1.165, 1.54) is 0 Å². The summed E-state index contributed by atoms with van der Waals surface area (Å²) in [6, 6.07) is 1.90. The zero-order valence-electron chi connectivity index (χ0n) is 8.25. The highest BCUT2D eigenvalue weighted by molar-refractivity contribution is 9.10. The smallest absolute Gasteiger partial charge is 0.158 e. The monoisotopic (exact) mass is 275 g/mol. The quantitative estimate of drug-likeness (QED) is 0.472. The molecule has 0 radical (unpaired) electrons. The van der Waals surface area contributed by atoms with Crippen LogP contribution in [0.2, 0.25) is 5.15 Å². The fourth-order valence-electron chi connectivity index (χ4n) is 0.850. The van der Waals surface area contributed by atoms with Crippen molar-refractivity contribution in [3.63, 3.8) is 0 Å². The Morgan fingerprint density at radius 2 is 2.21 bits per heavy atom. The van der Waals surface area contributed by atoms with Gasteiger partial charge in [0.05, 0.1) is 10.8 Å². The van der Waals surface area contributed by atoms with Crippen molar-refractivity contribution >= 4 is 39.7 Å². The van der Waals surface area contributed by atoms with Crippen LogP contribution in [-0.2, 0) is 0 Å². The van der Waals surface area contributed by atoms with Crippen molar-refractivity contribution in [1.29, 1.82) is 0 Å². The van der Waals surface area contributed by atoms with Gasteiger partial charge in [0.15, 0.2) is 5.82 Å². The Bertz CT molecular complexity index is 363. The van der Waals surface area contributed by atoms with Crippen LogP contribution in [0.15, 0.2) is 15.5 Å². The van der Waals surface area contributed by atoms with E-state index in [1.807, 2.05) is 32.0 Å². The van der Waals surface area contributed by atoms with Crippen molar-refractivity contribution < 1.29 is 0 Å². The zero-order valence-corrected chi connectivity index (χ0v) is 10.6. The topological polar surface area (TPSA) is 28.5 Å². The molecule has 0 N–H and O–H groups in total. The maximum Gasteiger partial charge on any atom is 0.158 e. The summed E-state index contributed by atoms with van der Waals surface area (Å²) in [7, 11) is 3.80. The van der Waals surface area contributed by atoms with E-state index < -0.39 is 0 Å². The van der Waals surface area contributed by atoms with Crippen LogP contribution in [0.5, 0.6) is 0 Å². The van der Waals surface area contributed by atoms with Gasteiger partial charge in [0, 0.05) is 14.1 Å². The van der Waals surface area contributed by atoms with Crippen LogP contribution in [0.3, 0.4) is 0 Å². The Kier molecular flexibility index (Phi) is 3.89. The Morgan fingerprint density at radius 1 is 1.57 bits per heavy atom. The molecule has 0 aliphatic carbocycles. The molecule has 0 fully saturated rings. The van der Waals surface area contributed by atoms with Gasteiger partial charge in [-0.05, 0) is 34.5 Å². The lowest BCUT2D eigenvalue weighted by atomic mass is 10.3. The van der Waals surface area contributed by atoms with Crippen molar-refractivity contribution in [2.24, 2.45) is 4.99 Å². The van der Waals surface area contributed by atoms with Crippen molar-refractivity contribution in [3.05, 3.63) is 21.3 Å². The van der Waals surface area contributed by atoms with Crippen LogP contribution in [0.25, 0.3) is 0 Å². The number of aromatic nitrogens is 1. The van der Waals surface area contributed by atoms with Gasteiger partial charge in [-0.2, -0.15) is 0 Å². The lowest BCUT2D eigenvalue weighted by Gasteiger charge is -2.04. The predicted molar refractivity (Wildman–Crippen MR) is 63.5 cm³/mol. The first-order chi connectivity index (χ1) is 6.50. The maximum absolute atomic E-state index is 5.86. The van der Waals surface area contributed by atoms with Gasteiger partial charge in [0.2, 0.25) is 0 Å². The number of halogens is 2. The zero-order chi connectivity index (χ0) is 10.7. The number of rotatable bonds is 2. The Labute approximate surface area is 96.9 Å². The average Bonchev–Trinajstić information content (AvgIpc) is 2.09. The number of nitrogens with zero attached hydrogens (tertiary/aromatic N) is 3. The van der Waals surface area contributed by atoms with Gasteiger partial charge in [0.25, 0.3) is 0 Å². The summed E-state index contributed by atoms with van der Waals surface area (Å²) >= 11 is 9.16. The molecule has 0 saturated carbocycles. The highest BCUT2D eigenvalue weighted by Crippen LogP contribution is 2.26. The van der Waals surface area contributed by atoms with E-state index in [9.17, 15) is 0 Å². The third-order valence-corrected chi connectivity index (χ3v) is 2.63. The summed E-state index contributed by atoms with van der Waals surface area (Å²) in [6.07, 6.45) is 1.69. The van der Waals surface area contributed by atoms with Gasteiger partial charge >= 0.3 is 0 Å². The lowest BCUT2D eigenvalue weighted by Crippen LogP contribution is -2.07. The van der Waals surface area contributed by atoms with Crippen LogP contribution >= 0.6 is 27.5 Å². The molecule has 1 heterocycles. The summed E-state index contributed by atoms with van der Waals surface area (Å²) in [5, 5.41) is 0.432. The SMILES string of the molecule is Cc1cc(Br)c(Cl)nc1N=CN(C)C. The third-order valence-electron chi connectivity index (χ3n) is 1.51. The van der Waals surface area contributed by atoms with Gasteiger partial charge in [-0.3, -0.25) is 0 Å². The minimum Gasteiger partial charge on any atom is -0.369 e. The van der Waals surface area contributed by atoms with Gasteiger partial charge in [-0.25, -0.2) is 9.98 Å². The molecule has 76 valence electrons. The fraction of sp³-hybridized carbons (Fsp3) is 0.333. The summed E-state index contributed by atoms with van der Waals surface area (Å²) in [5.74, 6) is 0.645. The van der Waals surface area contributed by atoms with Crippen molar-refractivity contribution in [2.75, 3.05) is 14.1 Å². The molecule has 0 aliphatic rings. The van der Waals surface area contributed by atoms with E-state index in [0.717, 1.165) is 10.0 Å². The van der Waals surface area contributed by atoms with Crippen molar-refractivity contribution in [2.45, 2.75) is 6.92 Å². The maximum atomic E-state index is 5.86. The van der Waals surface area contributed by atoms with E-state index in [1.54, 1.807) is 6.34 Å². The van der Waals surface area contributed by atoms with Crippen molar-refractivity contribution in [3.8, 4) is 0 Å². The number of aliphatic imine (C=N–C) groups is 1. The molecule has 1 aromatic rings. The largest absolute Gasteiger partial charge is 0.369 e. The Morgan fingerprint density at radius 3 is 2.79 bits per heavy atom. The van der Waals surface area contributed by atoms with Crippen LogP contribution < -0.4 is 0 Å². The van der Waals surface area contributed by atoms with E-state index in [-0.39, 0.29) is 0 Å². The number of aryl methyl sites for hydroxylation is 1. The van der Waals surface area contributed by atoms with Gasteiger partial charge in [-0.1, -0.05) is 11.6 Å². The first-order valence-corrected chi connectivity index (χ1v) is 5.21. The van der Waals surface area contributed by atoms with Gasteiger partial charge in [-0.15, -0.1) is 0 Å². The molecule has 0 atom stereocenters. The molecule has 0 amide bonds. The lowest BCUT2D eigenvalue weighted by molar-refractivity contribution is 0.643. The second kappa shape index (κ2) is 4.75. The van der Waals surface area contributed by atoms with Gasteiger partial charge in [0.1, 0.15) is 5.15 Å². The minimum atomic E-state index is 0.432. The molecule has 5 heteroatoms. The number of hydrogen-bond donors (Lipinski definition) is 0. The summed E-state index contributed by atoms with van der Waals surface area (Å²) in [5.41, 5.74) is 0.986. The number of pyridine rings is 1. The van der Waals surface area contributed by atoms with E-state index in [0.29, 0.717) is 11.0 Å². The van der Waals surface area contributed by atoms with E-state index in [2.05, 4.69) is 25.9 Å². The van der Waals surface area contributed by atoms with E-state index >= 15 is 0 Å². The van der Waals surface area contributed by atoms with Crippen LogP contribution in [-0.4, -0.2) is 30.3 Å².